The maximum atomic E-state index is 5.51. The Balaban J connectivity index is 2.86. The fraction of sp³-hybridized carbons (Fsp3) is 0.167. The normalized spacial score (nSPS) is 9.44. The molecule has 48 valence electrons. The lowest BCUT2D eigenvalue weighted by molar-refractivity contribution is -0.677. The van der Waals surface area contributed by atoms with Crippen LogP contribution in [0.2, 0.25) is 0 Å². The Kier molecular flexibility index (Phi) is 1.90. The Hall–Kier alpha value is -0.760. The molecule has 0 saturated heterocycles. The van der Waals surface area contributed by atoms with E-state index >= 15 is 0 Å². The van der Waals surface area contributed by atoms with Crippen molar-refractivity contribution in [2.45, 2.75) is 6.00 Å². The first-order valence-corrected chi connectivity index (χ1v) is 3.15. The van der Waals surface area contributed by atoms with Crippen LogP contribution < -0.4 is 4.57 Å². The van der Waals surface area contributed by atoms with E-state index in [9.17, 15) is 0 Å². The Bertz CT molecular complexity index is 205. The molecule has 0 fully saturated rings. The monoisotopic (exact) mass is 143 g/mol. The zero-order valence-electron chi connectivity index (χ0n) is 5.00. The zero-order valence-corrected chi connectivity index (χ0v) is 5.75. The Labute approximate surface area is 59.0 Å². The van der Waals surface area contributed by atoms with Crippen molar-refractivity contribution >= 4 is 17.8 Å². The van der Waals surface area contributed by atoms with E-state index in [0.29, 0.717) is 6.00 Å². The van der Waals surface area contributed by atoms with Gasteiger partial charge in [0.15, 0.2) is 6.00 Å². The second-order valence-electron chi connectivity index (χ2n) is 1.68. The van der Waals surface area contributed by atoms with Crippen molar-refractivity contribution in [2.24, 2.45) is 0 Å². The van der Waals surface area contributed by atoms with Gasteiger partial charge in [-0.2, -0.15) is 0 Å². The summed E-state index contributed by atoms with van der Waals surface area (Å²) < 4.78 is 3.69. The molecule has 0 aliphatic heterocycles. The highest BCUT2D eigenvalue weighted by Crippen LogP contribution is 1.83. The molecule has 0 radical (unpaired) electrons. The molecule has 0 saturated carbocycles. The number of hydrogen-bond donors (Lipinski definition) is 0. The molecule has 0 aliphatic carbocycles. The van der Waals surface area contributed by atoms with E-state index in [1.165, 1.54) is 0 Å². The first kappa shape index (κ1) is 6.36. The molecule has 1 aromatic rings. The van der Waals surface area contributed by atoms with Gasteiger partial charge in [0.2, 0.25) is 6.33 Å². The van der Waals surface area contributed by atoms with Crippen molar-refractivity contribution in [3.05, 3.63) is 25.3 Å². The standard InChI is InChI=1S/C6H8ClN2/c1-2-8-3-4-9(5-7)6-8/h2-4,6H,1,5H2/q+1. The third kappa shape index (κ3) is 1.33. The second-order valence-corrected chi connectivity index (χ2v) is 1.92. The predicted octanol–water partition coefficient (Wildman–Crippen LogP) is 1.07. The lowest BCUT2D eigenvalue weighted by Gasteiger charge is -1.80. The zero-order chi connectivity index (χ0) is 6.69. The molecular formula is C6H8ClN2+. The van der Waals surface area contributed by atoms with Crippen LogP contribution in [0.15, 0.2) is 25.3 Å². The molecule has 3 heteroatoms. The number of alkyl halides is 1. The van der Waals surface area contributed by atoms with Crippen LogP contribution in [0.5, 0.6) is 0 Å². The van der Waals surface area contributed by atoms with Crippen LogP contribution >= 0.6 is 11.6 Å². The van der Waals surface area contributed by atoms with E-state index in [1.807, 2.05) is 27.9 Å². The van der Waals surface area contributed by atoms with Gasteiger partial charge in [-0.1, -0.05) is 18.2 Å². The van der Waals surface area contributed by atoms with Crippen molar-refractivity contribution in [1.29, 1.82) is 0 Å². The molecule has 1 rings (SSSR count). The van der Waals surface area contributed by atoms with Crippen LogP contribution in [0.3, 0.4) is 0 Å². The third-order valence-electron chi connectivity index (χ3n) is 1.06. The number of nitrogens with zero attached hydrogens (tertiary/aromatic N) is 2. The average Bonchev–Trinajstić information content (AvgIpc) is 2.34. The summed E-state index contributed by atoms with van der Waals surface area (Å²) >= 11 is 5.51. The lowest BCUT2D eigenvalue weighted by Crippen LogP contribution is -2.27. The maximum absolute atomic E-state index is 5.51. The molecule has 0 spiro atoms. The Morgan fingerprint density at radius 1 is 1.78 bits per heavy atom. The van der Waals surface area contributed by atoms with Crippen LogP contribution in [0.25, 0.3) is 6.20 Å². The molecule has 2 nitrogen and oxygen atoms in total. The van der Waals surface area contributed by atoms with Gasteiger partial charge in [0, 0.05) is 0 Å². The fourth-order valence-electron chi connectivity index (χ4n) is 0.590. The van der Waals surface area contributed by atoms with Crippen LogP contribution in [-0.2, 0) is 6.00 Å². The number of halogens is 1. The smallest absolute Gasteiger partial charge is 0.223 e. The predicted molar refractivity (Wildman–Crippen MR) is 36.9 cm³/mol. The molecule has 0 unspecified atom stereocenters. The summed E-state index contributed by atoms with van der Waals surface area (Å²) in [6, 6.07) is 0.487. The van der Waals surface area contributed by atoms with Gasteiger partial charge < -0.3 is 0 Å². The average molecular weight is 144 g/mol. The summed E-state index contributed by atoms with van der Waals surface area (Å²) in [5, 5.41) is 0. The van der Waals surface area contributed by atoms with Crippen LogP contribution in [0, 0.1) is 0 Å². The van der Waals surface area contributed by atoms with E-state index in [0.717, 1.165) is 0 Å². The number of aromatic nitrogens is 2. The summed E-state index contributed by atoms with van der Waals surface area (Å²) in [6.45, 7) is 3.59. The van der Waals surface area contributed by atoms with Crippen LogP contribution in [0.1, 0.15) is 0 Å². The molecule has 0 bridgehead atoms. The summed E-state index contributed by atoms with van der Waals surface area (Å²) in [5.41, 5.74) is 0. The molecule has 0 aliphatic rings. The van der Waals surface area contributed by atoms with Crippen molar-refractivity contribution < 1.29 is 4.57 Å². The molecule has 1 heterocycles. The summed E-state index contributed by atoms with van der Waals surface area (Å²) in [4.78, 5) is 0. The van der Waals surface area contributed by atoms with Gasteiger partial charge in [0.05, 0.1) is 6.20 Å². The molecule has 0 N–H and O–H groups in total. The van der Waals surface area contributed by atoms with Crippen molar-refractivity contribution in [2.75, 3.05) is 0 Å². The minimum Gasteiger partial charge on any atom is -0.223 e. The highest BCUT2D eigenvalue weighted by Gasteiger charge is 1.95. The SMILES string of the molecule is C=Cn1cc[n+](CCl)c1. The minimum atomic E-state index is 0.487. The molecule has 9 heavy (non-hydrogen) atoms. The van der Waals surface area contributed by atoms with E-state index in [2.05, 4.69) is 6.58 Å². The largest absolute Gasteiger partial charge is 0.249 e. The van der Waals surface area contributed by atoms with Gasteiger partial charge in [0.1, 0.15) is 12.4 Å². The molecule has 1 aromatic heterocycles. The van der Waals surface area contributed by atoms with E-state index in [4.69, 9.17) is 11.6 Å². The highest BCUT2D eigenvalue weighted by molar-refractivity contribution is 6.14. The van der Waals surface area contributed by atoms with Gasteiger partial charge in [-0.15, -0.1) is 0 Å². The molecule has 0 aromatic carbocycles. The molecule has 0 atom stereocenters. The number of rotatable bonds is 2. The van der Waals surface area contributed by atoms with Gasteiger partial charge in [-0.3, -0.25) is 0 Å². The molecular weight excluding hydrogens is 136 g/mol. The maximum Gasteiger partial charge on any atom is 0.249 e. The second kappa shape index (κ2) is 2.69. The Morgan fingerprint density at radius 3 is 2.89 bits per heavy atom. The van der Waals surface area contributed by atoms with Crippen molar-refractivity contribution in [1.82, 2.24) is 4.57 Å². The van der Waals surface area contributed by atoms with Gasteiger partial charge >= 0.3 is 0 Å². The van der Waals surface area contributed by atoms with Crippen molar-refractivity contribution in [3.8, 4) is 0 Å². The number of hydrogen-bond acceptors (Lipinski definition) is 0. The molecule has 0 amide bonds. The van der Waals surface area contributed by atoms with Crippen LogP contribution in [-0.4, -0.2) is 4.57 Å². The summed E-state index contributed by atoms with van der Waals surface area (Å²) in [5.74, 6) is 0. The van der Waals surface area contributed by atoms with Crippen LogP contribution in [0.4, 0.5) is 0 Å². The van der Waals surface area contributed by atoms with E-state index in [1.54, 1.807) is 6.20 Å². The topological polar surface area (TPSA) is 8.81 Å². The Morgan fingerprint density at radius 2 is 2.56 bits per heavy atom. The minimum absolute atomic E-state index is 0.487. The van der Waals surface area contributed by atoms with E-state index in [-0.39, 0.29) is 0 Å². The third-order valence-corrected chi connectivity index (χ3v) is 1.34. The van der Waals surface area contributed by atoms with Gasteiger partial charge in [0.25, 0.3) is 0 Å². The van der Waals surface area contributed by atoms with Gasteiger partial charge in [-0.25, -0.2) is 9.13 Å². The van der Waals surface area contributed by atoms with E-state index < -0.39 is 0 Å². The summed E-state index contributed by atoms with van der Waals surface area (Å²) in [7, 11) is 0. The first-order chi connectivity index (χ1) is 4.36. The number of imidazole rings is 1. The highest BCUT2D eigenvalue weighted by atomic mass is 35.5. The summed E-state index contributed by atoms with van der Waals surface area (Å²) in [6.07, 6.45) is 7.34. The quantitative estimate of drug-likeness (QED) is 0.433. The first-order valence-electron chi connectivity index (χ1n) is 2.62. The van der Waals surface area contributed by atoms with Crippen molar-refractivity contribution in [3.63, 3.8) is 0 Å². The lowest BCUT2D eigenvalue weighted by atomic mass is 10.8. The fourth-order valence-corrected chi connectivity index (χ4v) is 0.731. The van der Waals surface area contributed by atoms with Gasteiger partial charge in [-0.05, 0) is 0 Å².